The van der Waals surface area contributed by atoms with Crippen LogP contribution in [0.4, 0.5) is 0 Å². The second-order valence-electron chi connectivity index (χ2n) is 6.60. The summed E-state index contributed by atoms with van der Waals surface area (Å²) in [5.41, 5.74) is 1.40. The summed E-state index contributed by atoms with van der Waals surface area (Å²) in [4.78, 5) is 29.9. The maximum absolute atomic E-state index is 13.1. The summed E-state index contributed by atoms with van der Waals surface area (Å²) in [6.45, 7) is 4.32. The van der Waals surface area contributed by atoms with Gasteiger partial charge in [0.25, 0.3) is 5.56 Å². The predicted octanol–water partition coefficient (Wildman–Crippen LogP) is 4.11. The Morgan fingerprint density at radius 2 is 2.04 bits per heavy atom. The number of carbonyl (C=O) groups is 1. The van der Waals surface area contributed by atoms with E-state index in [1.165, 1.54) is 11.8 Å². The molecule has 146 valence electrons. The zero-order valence-electron chi connectivity index (χ0n) is 15.8. The third-order valence-corrected chi connectivity index (χ3v) is 5.62. The van der Waals surface area contributed by atoms with Gasteiger partial charge in [-0.1, -0.05) is 54.6 Å². The molecule has 0 radical (unpaired) electrons. The normalized spacial score (nSPS) is 12.1. The van der Waals surface area contributed by atoms with Crippen molar-refractivity contribution in [1.82, 2.24) is 14.9 Å². The first-order chi connectivity index (χ1) is 13.5. The maximum Gasteiger partial charge on any atom is 0.262 e. The summed E-state index contributed by atoms with van der Waals surface area (Å²) in [6, 6.07) is 14.7. The first-order valence-corrected chi connectivity index (χ1v) is 10.5. The van der Waals surface area contributed by atoms with Gasteiger partial charge >= 0.3 is 0 Å². The average Bonchev–Trinajstić information content (AvgIpc) is 2.69. The van der Waals surface area contributed by atoms with Crippen LogP contribution < -0.4 is 10.9 Å². The van der Waals surface area contributed by atoms with Crippen molar-refractivity contribution in [3.63, 3.8) is 0 Å². The van der Waals surface area contributed by atoms with Crippen molar-refractivity contribution in [2.24, 2.45) is 0 Å². The van der Waals surface area contributed by atoms with Crippen LogP contribution in [0.3, 0.4) is 0 Å². The number of halogens is 1. The highest BCUT2D eigenvalue weighted by Gasteiger charge is 2.14. The van der Waals surface area contributed by atoms with Crippen molar-refractivity contribution in [3.05, 3.63) is 69.5 Å². The van der Waals surface area contributed by atoms with Gasteiger partial charge in [-0.05, 0) is 43.2 Å². The topological polar surface area (TPSA) is 64.0 Å². The highest BCUT2D eigenvalue weighted by molar-refractivity contribution is 7.99. The molecule has 0 aliphatic heterocycles. The quantitative estimate of drug-likeness (QED) is 0.466. The molecule has 7 heteroatoms. The zero-order valence-corrected chi connectivity index (χ0v) is 17.4. The van der Waals surface area contributed by atoms with Crippen molar-refractivity contribution in [2.45, 2.75) is 38.0 Å². The van der Waals surface area contributed by atoms with E-state index in [1.807, 2.05) is 50.2 Å². The molecule has 3 rings (SSSR count). The van der Waals surface area contributed by atoms with Gasteiger partial charge in [-0.2, -0.15) is 0 Å². The standard InChI is InChI=1S/C21H22ClN3O2S/c1-3-14(2)23-19(26)13-28-21-24-18-10-5-4-9-17(18)20(27)25(21)12-15-7-6-8-16(22)11-15/h4-11,14H,3,12-13H2,1-2H3,(H,23,26)/t14-/m1/s1. The lowest BCUT2D eigenvalue weighted by Crippen LogP contribution is -2.33. The largest absolute Gasteiger partial charge is 0.353 e. The van der Waals surface area contributed by atoms with Crippen molar-refractivity contribution < 1.29 is 4.79 Å². The number of para-hydroxylation sites is 1. The summed E-state index contributed by atoms with van der Waals surface area (Å²) in [5.74, 6) is 0.126. The van der Waals surface area contributed by atoms with Gasteiger partial charge in [-0.25, -0.2) is 4.98 Å². The first kappa shape index (κ1) is 20.4. The van der Waals surface area contributed by atoms with Gasteiger partial charge in [0.2, 0.25) is 5.91 Å². The molecule has 0 aliphatic rings. The molecule has 1 amide bonds. The van der Waals surface area contributed by atoms with Gasteiger partial charge in [0.1, 0.15) is 0 Å². The lowest BCUT2D eigenvalue weighted by atomic mass is 10.2. The molecule has 0 saturated carbocycles. The molecule has 2 aromatic carbocycles. The number of amides is 1. The van der Waals surface area contributed by atoms with Gasteiger partial charge in [0, 0.05) is 11.1 Å². The average molecular weight is 416 g/mol. The molecule has 1 N–H and O–H groups in total. The Bertz CT molecular complexity index is 1050. The number of nitrogens with one attached hydrogen (secondary N) is 1. The minimum absolute atomic E-state index is 0.0731. The van der Waals surface area contributed by atoms with Gasteiger partial charge in [-0.3, -0.25) is 14.2 Å². The smallest absolute Gasteiger partial charge is 0.262 e. The number of benzene rings is 2. The van der Waals surface area contributed by atoms with Crippen molar-refractivity contribution in [1.29, 1.82) is 0 Å². The van der Waals surface area contributed by atoms with Crippen LogP contribution in [0.1, 0.15) is 25.8 Å². The van der Waals surface area contributed by atoms with Crippen LogP contribution >= 0.6 is 23.4 Å². The lowest BCUT2D eigenvalue weighted by Gasteiger charge is -2.14. The Morgan fingerprint density at radius 3 is 2.79 bits per heavy atom. The number of aromatic nitrogens is 2. The third-order valence-electron chi connectivity index (χ3n) is 4.41. The molecule has 0 aliphatic carbocycles. The van der Waals surface area contributed by atoms with E-state index in [9.17, 15) is 9.59 Å². The summed E-state index contributed by atoms with van der Waals surface area (Å²) in [6.07, 6.45) is 0.865. The molecule has 0 saturated heterocycles. The van der Waals surface area contributed by atoms with Gasteiger partial charge in [0.05, 0.1) is 23.2 Å². The number of hydrogen-bond donors (Lipinski definition) is 1. The van der Waals surface area contributed by atoms with Crippen LogP contribution in [0.5, 0.6) is 0 Å². The number of rotatable bonds is 7. The van der Waals surface area contributed by atoms with Crippen LogP contribution in [0.25, 0.3) is 10.9 Å². The van der Waals surface area contributed by atoms with Crippen LogP contribution in [-0.2, 0) is 11.3 Å². The molecule has 1 aromatic heterocycles. The molecule has 0 bridgehead atoms. The van der Waals surface area contributed by atoms with E-state index in [0.717, 1.165) is 12.0 Å². The SMILES string of the molecule is CC[C@@H](C)NC(=O)CSc1nc2ccccc2c(=O)n1Cc1cccc(Cl)c1. The van der Waals surface area contributed by atoms with Crippen molar-refractivity contribution in [3.8, 4) is 0 Å². The fourth-order valence-electron chi connectivity index (χ4n) is 2.76. The van der Waals surface area contributed by atoms with Crippen molar-refractivity contribution >= 4 is 40.2 Å². The van der Waals surface area contributed by atoms with Gasteiger partial charge in [-0.15, -0.1) is 0 Å². The Balaban J connectivity index is 1.95. The molecule has 5 nitrogen and oxygen atoms in total. The second kappa shape index (κ2) is 9.26. The lowest BCUT2D eigenvalue weighted by molar-refractivity contribution is -0.119. The van der Waals surface area contributed by atoms with Crippen LogP contribution in [-0.4, -0.2) is 27.3 Å². The monoisotopic (exact) mass is 415 g/mol. The summed E-state index contributed by atoms with van der Waals surface area (Å²) in [5, 5.41) is 4.62. The minimum Gasteiger partial charge on any atom is -0.353 e. The molecule has 28 heavy (non-hydrogen) atoms. The summed E-state index contributed by atoms with van der Waals surface area (Å²) >= 11 is 7.36. The van der Waals surface area contributed by atoms with E-state index in [1.54, 1.807) is 16.7 Å². The van der Waals surface area contributed by atoms with Gasteiger partial charge < -0.3 is 5.32 Å². The number of carbonyl (C=O) groups excluding carboxylic acids is 1. The van der Waals surface area contributed by atoms with E-state index < -0.39 is 0 Å². The van der Waals surface area contributed by atoms with Gasteiger partial charge in [0.15, 0.2) is 5.16 Å². The molecule has 0 unspecified atom stereocenters. The van der Waals surface area contributed by atoms with Crippen LogP contribution in [0.2, 0.25) is 5.02 Å². The maximum atomic E-state index is 13.1. The first-order valence-electron chi connectivity index (χ1n) is 9.14. The molecule has 3 aromatic rings. The van der Waals surface area contributed by atoms with Crippen LogP contribution in [0, 0.1) is 0 Å². The summed E-state index contributed by atoms with van der Waals surface area (Å²) < 4.78 is 1.61. The molecule has 1 atom stereocenters. The zero-order chi connectivity index (χ0) is 20.1. The Hall–Kier alpha value is -2.31. The van der Waals surface area contributed by atoms with E-state index in [-0.39, 0.29) is 23.3 Å². The Morgan fingerprint density at radius 1 is 1.25 bits per heavy atom. The number of thioether (sulfide) groups is 1. The van der Waals surface area contributed by atoms with Crippen molar-refractivity contribution in [2.75, 3.05) is 5.75 Å². The van der Waals surface area contributed by atoms with E-state index >= 15 is 0 Å². The molecule has 0 spiro atoms. The highest BCUT2D eigenvalue weighted by Crippen LogP contribution is 2.20. The minimum atomic E-state index is -0.129. The van der Waals surface area contributed by atoms with E-state index in [2.05, 4.69) is 10.3 Å². The number of nitrogens with zero attached hydrogens (tertiary/aromatic N) is 2. The molecular formula is C21H22ClN3O2S. The Labute approximate surface area is 173 Å². The van der Waals surface area contributed by atoms with E-state index in [4.69, 9.17) is 11.6 Å². The van der Waals surface area contributed by atoms with Crippen LogP contribution in [0.15, 0.2) is 58.5 Å². The highest BCUT2D eigenvalue weighted by atomic mass is 35.5. The summed E-state index contributed by atoms with van der Waals surface area (Å²) in [7, 11) is 0. The van der Waals surface area contributed by atoms with E-state index in [0.29, 0.717) is 27.6 Å². The number of hydrogen-bond acceptors (Lipinski definition) is 4. The second-order valence-corrected chi connectivity index (χ2v) is 7.98. The molecular weight excluding hydrogens is 394 g/mol. The fraction of sp³-hybridized carbons (Fsp3) is 0.286. The molecule has 1 heterocycles. The Kier molecular flexibility index (Phi) is 6.75. The predicted molar refractivity (Wildman–Crippen MR) is 115 cm³/mol. The third kappa shape index (κ3) is 4.94. The molecule has 0 fully saturated rings. The number of fused-ring (bicyclic) bond motifs is 1. The fourth-order valence-corrected chi connectivity index (χ4v) is 3.79.